The summed E-state index contributed by atoms with van der Waals surface area (Å²) in [6, 6.07) is 10.8. The Bertz CT molecular complexity index is 480. The topological polar surface area (TPSA) is 38.3 Å². The highest BCUT2D eigenvalue weighted by molar-refractivity contribution is 5.76. The highest BCUT2D eigenvalue weighted by Crippen LogP contribution is 2.29. The van der Waals surface area contributed by atoms with Crippen molar-refractivity contribution in [3.8, 4) is 0 Å². The van der Waals surface area contributed by atoms with Crippen LogP contribution in [-0.2, 0) is 16.0 Å². The van der Waals surface area contributed by atoms with Crippen molar-refractivity contribution in [1.29, 1.82) is 0 Å². The van der Waals surface area contributed by atoms with E-state index in [1.54, 1.807) is 0 Å². The average Bonchev–Trinajstić information content (AvgIpc) is 2.62. The Morgan fingerprint density at radius 3 is 2.42 bits per heavy atom. The average molecular weight is 332 g/mol. The molecule has 1 aliphatic carbocycles. The third-order valence-corrected chi connectivity index (χ3v) is 5.32. The van der Waals surface area contributed by atoms with Crippen LogP contribution in [0.3, 0.4) is 0 Å². The largest absolute Gasteiger partial charge is 0.468 e. The molecule has 1 aromatic carbocycles. The van der Waals surface area contributed by atoms with E-state index in [1.165, 1.54) is 44.8 Å². The molecule has 134 valence electrons. The Morgan fingerprint density at radius 2 is 1.83 bits per heavy atom. The Hall–Kier alpha value is -1.35. The number of carbonyl (C=O) groups excluding carboxylic acids is 1. The maximum Gasteiger partial charge on any atom is 0.323 e. The third kappa shape index (κ3) is 5.62. The molecule has 0 radical (unpaired) electrons. The van der Waals surface area contributed by atoms with Crippen molar-refractivity contribution in [3.05, 3.63) is 35.9 Å². The van der Waals surface area contributed by atoms with Crippen molar-refractivity contribution >= 4 is 5.97 Å². The Balaban J connectivity index is 2.04. The zero-order valence-corrected chi connectivity index (χ0v) is 15.5. The lowest BCUT2D eigenvalue weighted by atomic mass is 9.81. The van der Waals surface area contributed by atoms with E-state index in [2.05, 4.69) is 49.5 Å². The molecule has 0 spiro atoms. The van der Waals surface area contributed by atoms with Crippen LogP contribution in [0.1, 0.15) is 57.9 Å². The molecule has 0 bridgehead atoms. The van der Waals surface area contributed by atoms with Gasteiger partial charge in [0.1, 0.15) is 6.04 Å². The Labute approximate surface area is 147 Å². The van der Waals surface area contributed by atoms with Gasteiger partial charge in [-0.2, -0.15) is 0 Å². The number of benzene rings is 1. The second-order valence-electron chi connectivity index (χ2n) is 7.44. The molecule has 1 saturated carbocycles. The lowest BCUT2D eigenvalue weighted by Gasteiger charge is -2.34. The van der Waals surface area contributed by atoms with Crippen LogP contribution in [0.25, 0.3) is 0 Å². The molecule has 0 amide bonds. The quantitative estimate of drug-likeness (QED) is 0.720. The predicted octanol–water partition coefficient (Wildman–Crippen LogP) is 4.36. The zero-order valence-electron chi connectivity index (χ0n) is 15.5. The molecule has 0 aliphatic heterocycles. The van der Waals surface area contributed by atoms with E-state index < -0.39 is 0 Å². The van der Waals surface area contributed by atoms with E-state index in [-0.39, 0.29) is 17.9 Å². The lowest BCUT2D eigenvalue weighted by molar-refractivity contribution is -0.144. The normalized spacial score (nSPS) is 18.3. The minimum atomic E-state index is -0.210. The molecular formula is C21H33NO2. The highest BCUT2D eigenvalue weighted by atomic mass is 16.5. The fraction of sp³-hybridized carbons (Fsp3) is 0.667. The van der Waals surface area contributed by atoms with Gasteiger partial charge in [0.25, 0.3) is 0 Å². The van der Waals surface area contributed by atoms with Crippen molar-refractivity contribution in [2.24, 2.45) is 11.8 Å². The summed E-state index contributed by atoms with van der Waals surface area (Å²) in [6.45, 7) is 4.17. The summed E-state index contributed by atoms with van der Waals surface area (Å²) in [7, 11) is 1.49. The molecule has 3 nitrogen and oxygen atoms in total. The van der Waals surface area contributed by atoms with Gasteiger partial charge >= 0.3 is 5.97 Å². The number of carbonyl (C=O) groups is 1. The molecule has 1 aliphatic rings. The number of ether oxygens (including phenoxy) is 1. The first-order valence-electron chi connectivity index (χ1n) is 9.49. The van der Waals surface area contributed by atoms with Gasteiger partial charge in [-0.3, -0.25) is 4.79 Å². The number of aryl methyl sites for hydroxylation is 1. The molecule has 1 N–H and O–H groups in total. The summed E-state index contributed by atoms with van der Waals surface area (Å²) in [5, 5.41) is 3.67. The van der Waals surface area contributed by atoms with Crippen molar-refractivity contribution < 1.29 is 9.53 Å². The fourth-order valence-corrected chi connectivity index (χ4v) is 3.85. The number of rotatable bonds is 8. The van der Waals surface area contributed by atoms with Crippen LogP contribution in [0.5, 0.6) is 0 Å². The van der Waals surface area contributed by atoms with Gasteiger partial charge in [-0.1, -0.05) is 63.4 Å². The van der Waals surface area contributed by atoms with Gasteiger partial charge in [0.15, 0.2) is 0 Å². The standard InChI is InChI=1S/C21H33NO2/c1-16(2)20(21(23)24-3)22-19(18-12-8-5-9-13-18)15-14-17-10-6-4-7-11-17/h4,6-7,10-11,16,18-20,22H,5,8-9,12-15H2,1-3H3/t19-,20+/m1/s1. The lowest BCUT2D eigenvalue weighted by Crippen LogP contribution is -2.50. The first kappa shape index (κ1) is 19.0. The highest BCUT2D eigenvalue weighted by Gasteiger charge is 2.30. The second kappa shape index (κ2) is 9.83. The van der Waals surface area contributed by atoms with E-state index in [9.17, 15) is 4.79 Å². The summed E-state index contributed by atoms with van der Waals surface area (Å²) >= 11 is 0. The van der Waals surface area contributed by atoms with Gasteiger partial charge in [-0.05, 0) is 43.1 Å². The number of methoxy groups -OCH3 is 1. The number of esters is 1. The molecule has 2 atom stereocenters. The van der Waals surface area contributed by atoms with Crippen molar-refractivity contribution in [1.82, 2.24) is 5.32 Å². The van der Waals surface area contributed by atoms with Crippen LogP contribution >= 0.6 is 0 Å². The van der Waals surface area contributed by atoms with E-state index in [1.807, 2.05) is 0 Å². The smallest absolute Gasteiger partial charge is 0.323 e. The van der Waals surface area contributed by atoms with Gasteiger partial charge in [0.2, 0.25) is 0 Å². The summed E-state index contributed by atoms with van der Waals surface area (Å²) in [4.78, 5) is 12.2. The van der Waals surface area contributed by atoms with E-state index in [0.29, 0.717) is 12.0 Å². The zero-order chi connectivity index (χ0) is 17.4. The van der Waals surface area contributed by atoms with Crippen LogP contribution in [0.4, 0.5) is 0 Å². The van der Waals surface area contributed by atoms with E-state index in [0.717, 1.165) is 12.8 Å². The summed E-state index contributed by atoms with van der Waals surface area (Å²) in [6.07, 6.45) is 8.68. The van der Waals surface area contributed by atoms with Gasteiger partial charge in [0.05, 0.1) is 7.11 Å². The molecule has 1 aromatic rings. The van der Waals surface area contributed by atoms with Crippen LogP contribution in [0.2, 0.25) is 0 Å². The van der Waals surface area contributed by atoms with Gasteiger partial charge < -0.3 is 10.1 Å². The SMILES string of the molecule is COC(=O)[C@@H](N[C@H](CCc1ccccc1)C1CCCCC1)C(C)C. The van der Waals surface area contributed by atoms with Crippen LogP contribution in [0, 0.1) is 11.8 Å². The second-order valence-corrected chi connectivity index (χ2v) is 7.44. The molecular weight excluding hydrogens is 298 g/mol. The number of hydrogen-bond donors (Lipinski definition) is 1. The Morgan fingerprint density at radius 1 is 1.17 bits per heavy atom. The molecule has 3 heteroatoms. The molecule has 0 saturated heterocycles. The third-order valence-electron chi connectivity index (χ3n) is 5.32. The van der Waals surface area contributed by atoms with E-state index >= 15 is 0 Å². The molecule has 0 aromatic heterocycles. The minimum absolute atomic E-state index is 0.134. The van der Waals surface area contributed by atoms with E-state index in [4.69, 9.17) is 4.74 Å². The van der Waals surface area contributed by atoms with Gasteiger partial charge in [0, 0.05) is 6.04 Å². The molecule has 1 fully saturated rings. The number of hydrogen-bond acceptors (Lipinski definition) is 3. The summed E-state index contributed by atoms with van der Waals surface area (Å²) in [5.74, 6) is 0.777. The Kier molecular flexibility index (Phi) is 7.77. The molecule has 0 heterocycles. The maximum atomic E-state index is 12.2. The van der Waals surface area contributed by atoms with Crippen LogP contribution < -0.4 is 5.32 Å². The first-order valence-corrected chi connectivity index (χ1v) is 9.49. The fourth-order valence-electron chi connectivity index (χ4n) is 3.85. The maximum absolute atomic E-state index is 12.2. The molecule has 0 unspecified atom stereocenters. The van der Waals surface area contributed by atoms with Crippen molar-refractivity contribution in [3.63, 3.8) is 0 Å². The molecule has 2 rings (SSSR count). The number of nitrogens with one attached hydrogen (secondary N) is 1. The predicted molar refractivity (Wildman–Crippen MR) is 98.9 cm³/mol. The van der Waals surface area contributed by atoms with Crippen LogP contribution in [0.15, 0.2) is 30.3 Å². The van der Waals surface area contributed by atoms with Crippen LogP contribution in [-0.4, -0.2) is 25.2 Å². The van der Waals surface area contributed by atoms with Crippen molar-refractivity contribution in [2.75, 3.05) is 7.11 Å². The van der Waals surface area contributed by atoms with Crippen molar-refractivity contribution in [2.45, 2.75) is 70.9 Å². The van der Waals surface area contributed by atoms with Gasteiger partial charge in [-0.25, -0.2) is 0 Å². The monoisotopic (exact) mass is 331 g/mol. The summed E-state index contributed by atoms with van der Waals surface area (Å²) < 4.78 is 5.02. The molecule has 24 heavy (non-hydrogen) atoms. The first-order chi connectivity index (χ1) is 11.6. The summed E-state index contributed by atoms with van der Waals surface area (Å²) in [5.41, 5.74) is 1.37. The minimum Gasteiger partial charge on any atom is -0.468 e. The van der Waals surface area contributed by atoms with Gasteiger partial charge in [-0.15, -0.1) is 0 Å².